The molecule has 1 nitrogen and oxygen atoms in total. The highest BCUT2D eigenvalue weighted by molar-refractivity contribution is 6.35. The number of halogens is 2. The van der Waals surface area contributed by atoms with E-state index in [-0.39, 0.29) is 12.0 Å². The van der Waals surface area contributed by atoms with E-state index in [1.165, 1.54) is 0 Å². The summed E-state index contributed by atoms with van der Waals surface area (Å²) >= 11 is 12.3. The minimum atomic E-state index is -0.215. The molecule has 0 aliphatic heterocycles. The van der Waals surface area contributed by atoms with Crippen LogP contribution in [-0.2, 0) is 5.41 Å². The van der Waals surface area contributed by atoms with E-state index in [2.05, 4.69) is 13.8 Å². The van der Waals surface area contributed by atoms with Gasteiger partial charge in [0.2, 0.25) is 0 Å². The van der Waals surface area contributed by atoms with Gasteiger partial charge in [0.05, 0.1) is 6.61 Å². The highest BCUT2D eigenvalue weighted by Crippen LogP contribution is 2.39. The molecule has 0 amide bonds. The number of aliphatic hydroxyl groups excluding tert-OH is 1. The third-order valence-corrected chi connectivity index (χ3v) is 4.37. The van der Waals surface area contributed by atoms with Crippen LogP contribution in [0.1, 0.15) is 57.9 Å². The molecule has 0 aliphatic rings. The monoisotopic (exact) mass is 302 g/mol. The summed E-state index contributed by atoms with van der Waals surface area (Å²) in [6.45, 7) is 4.49. The van der Waals surface area contributed by atoms with Crippen molar-refractivity contribution in [2.75, 3.05) is 6.61 Å². The lowest BCUT2D eigenvalue weighted by atomic mass is 9.73. The number of hydrogen-bond acceptors (Lipinski definition) is 1. The fourth-order valence-electron chi connectivity index (χ4n) is 2.59. The van der Waals surface area contributed by atoms with E-state index in [4.69, 9.17) is 23.2 Å². The molecule has 1 N–H and O–H groups in total. The van der Waals surface area contributed by atoms with E-state index in [1.54, 1.807) is 6.07 Å². The van der Waals surface area contributed by atoms with Crippen LogP contribution in [0.3, 0.4) is 0 Å². The molecule has 1 aromatic rings. The highest BCUT2D eigenvalue weighted by Gasteiger charge is 2.32. The van der Waals surface area contributed by atoms with Gasteiger partial charge in [0.1, 0.15) is 0 Å². The maximum atomic E-state index is 9.99. The quantitative estimate of drug-likeness (QED) is 0.662. The van der Waals surface area contributed by atoms with E-state index < -0.39 is 0 Å². The topological polar surface area (TPSA) is 20.2 Å². The van der Waals surface area contributed by atoms with E-state index in [0.717, 1.165) is 44.1 Å². The molecule has 0 aliphatic carbocycles. The molecule has 0 bridgehead atoms. The van der Waals surface area contributed by atoms with Gasteiger partial charge in [0.15, 0.2) is 0 Å². The average molecular weight is 303 g/mol. The fourth-order valence-corrected chi connectivity index (χ4v) is 3.20. The van der Waals surface area contributed by atoms with Crippen LogP contribution in [0.5, 0.6) is 0 Å². The van der Waals surface area contributed by atoms with Crippen molar-refractivity contribution >= 4 is 23.2 Å². The summed E-state index contributed by atoms with van der Waals surface area (Å²) in [5, 5.41) is 11.3. The minimum Gasteiger partial charge on any atom is -0.395 e. The molecule has 0 spiro atoms. The molecule has 1 rings (SSSR count). The fraction of sp³-hybridized carbons (Fsp3) is 0.625. The summed E-state index contributed by atoms with van der Waals surface area (Å²) in [6.07, 6.45) is 6.40. The Balaban J connectivity index is 3.11. The van der Waals surface area contributed by atoms with Crippen molar-refractivity contribution in [3.63, 3.8) is 0 Å². The van der Waals surface area contributed by atoms with Gasteiger partial charge in [0.25, 0.3) is 0 Å². The molecule has 0 aromatic heterocycles. The van der Waals surface area contributed by atoms with Gasteiger partial charge in [-0.1, -0.05) is 68.8 Å². The molecule has 0 fully saturated rings. The van der Waals surface area contributed by atoms with Crippen molar-refractivity contribution in [1.29, 1.82) is 0 Å². The predicted molar refractivity (Wildman–Crippen MR) is 84.3 cm³/mol. The standard InChI is InChI=1S/C16H24Cl2O/c1-3-5-9-16(12-19,10-6-4-2)14-8-7-13(17)11-15(14)18/h7-8,11,19H,3-6,9-10,12H2,1-2H3. The number of rotatable bonds is 8. The smallest absolute Gasteiger partial charge is 0.0528 e. The molecule has 3 heteroatoms. The van der Waals surface area contributed by atoms with Crippen LogP contribution in [0.4, 0.5) is 0 Å². The van der Waals surface area contributed by atoms with Crippen LogP contribution in [0.15, 0.2) is 18.2 Å². The molecule has 0 heterocycles. The molecule has 0 radical (unpaired) electrons. The van der Waals surface area contributed by atoms with Gasteiger partial charge in [0, 0.05) is 15.5 Å². The summed E-state index contributed by atoms with van der Waals surface area (Å²) in [5.74, 6) is 0. The first-order valence-electron chi connectivity index (χ1n) is 7.16. The summed E-state index contributed by atoms with van der Waals surface area (Å²) < 4.78 is 0. The first-order valence-corrected chi connectivity index (χ1v) is 7.91. The predicted octanol–water partition coefficient (Wildman–Crippen LogP) is 5.60. The van der Waals surface area contributed by atoms with Gasteiger partial charge in [-0.2, -0.15) is 0 Å². The molecular weight excluding hydrogens is 279 g/mol. The van der Waals surface area contributed by atoms with Gasteiger partial charge in [-0.25, -0.2) is 0 Å². The van der Waals surface area contributed by atoms with E-state index in [1.807, 2.05) is 12.1 Å². The van der Waals surface area contributed by atoms with E-state index >= 15 is 0 Å². The van der Waals surface area contributed by atoms with Crippen LogP contribution < -0.4 is 0 Å². The first-order chi connectivity index (χ1) is 9.09. The van der Waals surface area contributed by atoms with Crippen LogP contribution >= 0.6 is 23.2 Å². The molecule has 0 atom stereocenters. The van der Waals surface area contributed by atoms with Crippen molar-refractivity contribution in [2.45, 2.75) is 57.8 Å². The summed E-state index contributed by atoms with van der Waals surface area (Å²) in [5.41, 5.74) is 0.830. The third kappa shape index (κ3) is 4.37. The Morgan fingerprint density at radius 3 is 2.05 bits per heavy atom. The second-order valence-corrected chi connectivity index (χ2v) is 6.11. The number of aliphatic hydroxyl groups is 1. The van der Waals surface area contributed by atoms with Crippen LogP contribution in [-0.4, -0.2) is 11.7 Å². The Labute approximate surface area is 126 Å². The molecule has 19 heavy (non-hydrogen) atoms. The van der Waals surface area contributed by atoms with Gasteiger partial charge in [-0.15, -0.1) is 0 Å². The number of hydrogen-bond donors (Lipinski definition) is 1. The Morgan fingerprint density at radius 2 is 1.63 bits per heavy atom. The van der Waals surface area contributed by atoms with Crippen molar-refractivity contribution in [1.82, 2.24) is 0 Å². The zero-order chi connectivity index (χ0) is 14.3. The third-order valence-electron chi connectivity index (χ3n) is 3.82. The molecule has 1 aromatic carbocycles. The second-order valence-electron chi connectivity index (χ2n) is 5.27. The first kappa shape index (κ1) is 16.8. The van der Waals surface area contributed by atoms with Crippen molar-refractivity contribution < 1.29 is 5.11 Å². The highest BCUT2D eigenvalue weighted by atomic mass is 35.5. The minimum absolute atomic E-state index is 0.147. The molecular formula is C16H24Cl2O. The number of unbranched alkanes of at least 4 members (excludes halogenated alkanes) is 2. The van der Waals surface area contributed by atoms with E-state index in [0.29, 0.717) is 10.0 Å². The zero-order valence-electron chi connectivity index (χ0n) is 11.9. The molecule has 0 saturated heterocycles. The zero-order valence-corrected chi connectivity index (χ0v) is 13.4. The number of benzene rings is 1. The maximum absolute atomic E-state index is 9.99. The molecule has 0 unspecified atom stereocenters. The second kappa shape index (κ2) is 8.14. The van der Waals surface area contributed by atoms with Gasteiger partial charge >= 0.3 is 0 Å². The summed E-state index contributed by atoms with van der Waals surface area (Å²) in [4.78, 5) is 0. The Bertz CT molecular complexity index is 382. The Kier molecular flexibility index (Phi) is 7.20. The normalized spacial score (nSPS) is 11.8. The van der Waals surface area contributed by atoms with Gasteiger partial charge in [-0.05, 0) is 30.5 Å². The summed E-state index contributed by atoms with van der Waals surface area (Å²) in [6, 6.07) is 5.62. The molecule has 0 saturated carbocycles. The molecule has 108 valence electrons. The lowest BCUT2D eigenvalue weighted by Crippen LogP contribution is -2.31. The lowest BCUT2D eigenvalue weighted by molar-refractivity contribution is 0.168. The lowest BCUT2D eigenvalue weighted by Gasteiger charge is -2.33. The van der Waals surface area contributed by atoms with Gasteiger partial charge in [-0.3, -0.25) is 0 Å². The SMILES string of the molecule is CCCCC(CO)(CCCC)c1ccc(Cl)cc1Cl. The van der Waals surface area contributed by atoms with Crippen LogP contribution in [0.25, 0.3) is 0 Å². The van der Waals surface area contributed by atoms with Crippen LogP contribution in [0, 0.1) is 0 Å². The Morgan fingerprint density at radius 1 is 1.05 bits per heavy atom. The van der Waals surface area contributed by atoms with E-state index in [9.17, 15) is 5.11 Å². The van der Waals surface area contributed by atoms with Gasteiger partial charge < -0.3 is 5.11 Å². The van der Waals surface area contributed by atoms with Crippen molar-refractivity contribution in [2.24, 2.45) is 0 Å². The van der Waals surface area contributed by atoms with Crippen molar-refractivity contribution in [3.05, 3.63) is 33.8 Å². The Hall–Kier alpha value is -0.240. The maximum Gasteiger partial charge on any atom is 0.0528 e. The average Bonchev–Trinajstić information content (AvgIpc) is 2.40. The summed E-state index contributed by atoms with van der Waals surface area (Å²) in [7, 11) is 0. The van der Waals surface area contributed by atoms with Crippen molar-refractivity contribution in [3.8, 4) is 0 Å². The van der Waals surface area contributed by atoms with Crippen LogP contribution in [0.2, 0.25) is 10.0 Å². The largest absolute Gasteiger partial charge is 0.395 e.